The third kappa shape index (κ3) is 2.98. The van der Waals surface area contributed by atoms with Crippen molar-refractivity contribution in [2.75, 3.05) is 26.2 Å². The molecule has 2 heteroatoms. The summed E-state index contributed by atoms with van der Waals surface area (Å²) < 4.78 is 0. The van der Waals surface area contributed by atoms with Crippen LogP contribution in [0.2, 0.25) is 0 Å². The van der Waals surface area contributed by atoms with Crippen LogP contribution in [0.1, 0.15) is 41.0 Å². The van der Waals surface area contributed by atoms with Gasteiger partial charge in [-0.25, -0.2) is 0 Å². The Hall–Kier alpha value is -0.0800. The van der Waals surface area contributed by atoms with Gasteiger partial charge in [0.25, 0.3) is 0 Å². The van der Waals surface area contributed by atoms with Crippen LogP contribution in [0.15, 0.2) is 0 Å². The summed E-state index contributed by atoms with van der Waals surface area (Å²) in [7, 11) is 0. The summed E-state index contributed by atoms with van der Waals surface area (Å²) in [6.45, 7) is 15.1. The minimum Gasteiger partial charge on any atom is -0.396 e. The molecule has 0 radical (unpaired) electrons. The van der Waals surface area contributed by atoms with Crippen LogP contribution in [0.25, 0.3) is 0 Å². The Labute approximate surface area is 101 Å². The van der Waals surface area contributed by atoms with Gasteiger partial charge in [0.1, 0.15) is 0 Å². The summed E-state index contributed by atoms with van der Waals surface area (Å²) in [5.74, 6) is 2.07. The lowest BCUT2D eigenvalue weighted by Gasteiger charge is -2.25. The second-order valence-electron chi connectivity index (χ2n) is 6.19. The quantitative estimate of drug-likeness (QED) is 0.723. The van der Waals surface area contributed by atoms with Crippen molar-refractivity contribution < 1.29 is 5.11 Å². The lowest BCUT2D eigenvalue weighted by Crippen LogP contribution is -2.32. The van der Waals surface area contributed by atoms with Gasteiger partial charge in [0, 0.05) is 25.1 Å². The molecule has 2 nitrogen and oxygen atoms in total. The fourth-order valence-corrected chi connectivity index (χ4v) is 2.89. The van der Waals surface area contributed by atoms with Crippen molar-refractivity contribution in [2.45, 2.75) is 41.0 Å². The van der Waals surface area contributed by atoms with Crippen LogP contribution < -0.4 is 0 Å². The summed E-state index contributed by atoms with van der Waals surface area (Å²) in [5.41, 5.74) is 0.240. The van der Waals surface area contributed by atoms with Crippen molar-refractivity contribution in [3.05, 3.63) is 0 Å². The highest BCUT2D eigenvalue weighted by Gasteiger charge is 2.55. The highest BCUT2D eigenvalue weighted by atomic mass is 16.3. The molecule has 0 amide bonds. The average molecular weight is 227 g/mol. The van der Waals surface area contributed by atoms with Crippen molar-refractivity contribution in [2.24, 2.45) is 23.2 Å². The van der Waals surface area contributed by atoms with Gasteiger partial charge in [-0.05, 0) is 30.7 Å². The van der Waals surface area contributed by atoms with Gasteiger partial charge in [-0.2, -0.15) is 0 Å². The Balaban J connectivity index is 2.44. The van der Waals surface area contributed by atoms with E-state index >= 15 is 0 Å². The molecule has 0 heterocycles. The molecule has 0 aliphatic heterocycles. The minimum absolute atomic E-state index is 0.240. The van der Waals surface area contributed by atoms with Crippen molar-refractivity contribution in [3.63, 3.8) is 0 Å². The zero-order valence-corrected chi connectivity index (χ0v) is 11.7. The van der Waals surface area contributed by atoms with Crippen molar-refractivity contribution >= 4 is 0 Å². The molecule has 0 spiro atoms. The Morgan fingerprint density at radius 2 is 1.94 bits per heavy atom. The zero-order chi connectivity index (χ0) is 12.3. The molecule has 1 rings (SSSR count). The third-order valence-corrected chi connectivity index (χ3v) is 4.27. The lowest BCUT2D eigenvalue weighted by molar-refractivity contribution is 0.140. The van der Waals surface area contributed by atoms with Gasteiger partial charge in [-0.15, -0.1) is 0 Å². The van der Waals surface area contributed by atoms with E-state index in [1.54, 1.807) is 0 Å². The second kappa shape index (κ2) is 5.50. The summed E-state index contributed by atoms with van der Waals surface area (Å²) in [5, 5.41) is 9.55. The van der Waals surface area contributed by atoms with E-state index in [-0.39, 0.29) is 5.41 Å². The summed E-state index contributed by atoms with van der Waals surface area (Å²) in [6, 6.07) is 0. The number of hydrogen-bond acceptors (Lipinski definition) is 2. The first kappa shape index (κ1) is 14.0. The van der Waals surface area contributed by atoms with Gasteiger partial charge in [-0.1, -0.05) is 34.6 Å². The molecule has 0 aromatic carbocycles. The lowest BCUT2D eigenvalue weighted by atomic mass is 9.90. The molecule has 1 aliphatic carbocycles. The molecule has 1 fully saturated rings. The van der Waals surface area contributed by atoms with E-state index in [9.17, 15) is 5.11 Å². The molecule has 16 heavy (non-hydrogen) atoms. The molecule has 0 saturated heterocycles. The van der Waals surface area contributed by atoms with Gasteiger partial charge in [0.05, 0.1) is 0 Å². The molecular formula is C14H29NO. The van der Waals surface area contributed by atoms with Crippen molar-refractivity contribution in [3.8, 4) is 0 Å². The first-order valence-corrected chi connectivity index (χ1v) is 6.79. The first-order valence-electron chi connectivity index (χ1n) is 6.79. The van der Waals surface area contributed by atoms with Crippen molar-refractivity contribution in [1.82, 2.24) is 4.90 Å². The van der Waals surface area contributed by atoms with E-state index in [0.717, 1.165) is 18.4 Å². The number of aliphatic hydroxyl groups is 1. The van der Waals surface area contributed by atoms with Crippen LogP contribution in [0.3, 0.4) is 0 Å². The van der Waals surface area contributed by atoms with E-state index in [2.05, 4.69) is 39.5 Å². The Bertz CT molecular complexity index is 215. The molecular weight excluding hydrogens is 198 g/mol. The molecule has 1 N–H and O–H groups in total. The number of aliphatic hydroxyl groups excluding tert-OH is 1. The zero-order valence-electron chi connectivity index (χ0n) is 11.7. The standard InChI is InChI=1S/C14H29NO/c1-6-15(8-11(2)3)9-13-7-14(13,10-16)12(4)5/h11-13,16H,6-10H2,1-5H3. The molecule has 2 atom stereocenters. The Kier molecular flexibility index (Phi) is 4.81. The van der Waals surface area contributed by atoms with Crippen LogP contribution in [-0.4, -0.2) is 36.2 Å². The smallest absolute Gasteiger partial charge is 0.0493 e. The predicted molar refractivity (Wildman–Crippen MR) is 69.4 cm³/mol. The maximum Gasteiger partial charge on any atom is 0.0493 e. The Morgan fingerprint density at radius 1 is 1.31 bits per heavy atom. The number of hydrogen-bond donors (Lipinski definition) is 1. The highest BCUT2D eigenvalue weighted by Crippen LogP contribution is 2.57. The normalized spacial score (nSPS) is 29.4. The van der Waals surface area contributed by atoms with E-state index in [4.69, 9.17) is 0 Å². The van der Waals surface area contributed by atoms with Gasteiger partial charge >= 0.3 is 0 Å². The Morgan fingerprint density at radius 3 is 2.25 bits per heavy atom. The SMILES string of the molecule is CCN(CC(C)C)CC1CC1(CO)C(C)C. The van der Waals surface area contributed by atoms with Crippen LogP contribution >= 0.6 is 0 Å². The summed E-state index contributed by atoms with van der Waals surface area (Å²) >= 11 is 0. The molecule has 96 valence electrons. The van der Waals surface area contributed by atoms with E-state index in [1.807, 2.05) is 0 Å². The molecule has 0 aromatic rings. The largest absolute Gasteiger partial charge is 0.396 e. The number of rotatable bonds is 7. The van der Waals surface area contributed by atoms with Gasteiger partial charge in [-0.3, -0.25) is 0 Å². The van der Waals surface area contributed by atoms with Crippen LogP contribution in [-0.2, 0) is 0 Å². The minimum atomic E-state index is 0.240. The molecule has 1 saturated carbocycles. The van der Waals surface area contributed by atoms with Gasteiger partial charge < -0.3 is 10.0 Å². The van der Waals surface area contributed by atoms with Crippen molar-refractivity contribution in [1.29, 1.82) is 0 Å². The van der Waals surface area contributed by atoms with Crippen LogP contribution in [0, 0.1) is 23.2 Å². The summed E-state index contributed by atoms with van der Waals surface area (Å²) in [4.78, 5) is 2.54. The fraction of sp³-hybridized carbons (Fsp3) is 1.00. The predicted octanol–water partition coefficient (Wildman–Crippen LogP) is 2.62. The van der Waals surface area contributed by atoms with E-state index in [1.165, 1.54) is 19.5 Å². The maximum atomic E-state index is 9.55. The number of nitrogens with zero attached hydrogens (tertiary/aromatic N) is 1. The third-order valence-electron chi connectivity index (χ3n) is 4.27. The fourth-order valence-electron chi connectivity index (χ4n) is 2.89. The maximum absolute atomic E-state index is 9.55. The molecule has 0 aromatic heterocycles. The second-order valence-corrected chi connectivity index (χ2v) is 6.19. The monoisotopic (exact) mass is 227 g/mol. The highest BCUT2D eigenvalue weighted by molar-refractivity contribution is 5.04. The topological polar surface area (TPSA) is 23.5 Å². The molecule has 0 bridgehead atoms. The summed E-state index contributed by atoms with van der Waals surface area (Å²) in [6.07, 6.45) is 1.22. The van der Waals surface area contributed by atoms with Crippen LogP contribution in [0.5, 0.6) is 0 Å². The first-order chi connectivity index (χ1) is 7.46. The van der Waals surface area contributed by atoms with Gasteiger partial charge in [0.15, 0.2) is 0 Å². The van der Waals surface area contributed by atoms with Gasteiger partial charge in [0.2, 0.25) is 0 Å². The molecule has 1 aliphatic rings. The van der Waals surface area contributed by atoms with E-state index < -0.39 is 0 Å². The van der Waals surface area contributed by atoms with Crippen LogP contribution in [0.4, 0.5) is 0 Å². The van der Waals surface area contributed by atoms with E-state index in [0.29, 0.717) is 12.5 Å². The average Bonchev–Trinajstić information content (AvgIpc) is 2.91. The molecule has 2 unspecified atom stereocenters.